The summed E-state index contributed by atoms with van der Waals surface area (Å²) in [4.78, 5) is 14.2. The topological polar surface area (TPSA) is 35.6 Å². The molecule has 2 aliphatic rings. The van der Waals surface area contributed by atoms with Gasteiger partial charge in [0, 0.05) is 32.2 Å². The number of carbonyl (C=O) groups excluding carboxylic acids is 1. The van der Waals surface area contributed by atoms with Crippen molar-refractivity contribution in [2.45, 2.75) is 38.1 Å². The van der Waals surface area contributed by atoms with Gasteiger partial charge < -0.3 is 15.1 Å². The first-order valence-corrected chi connectivity index (χ1v) is 6.81. The second-order valence-electron chi connectivity index (χ2n) is 5.07. The maximum absolute atomic E-state index is 10.2. The van der Waals surface area contributed by atoms with Crippen LogP contribution in [0.2, 0.25) is 0 Å². The Hall–Kier alpha value is -0.610. The van der Waals surface area contributed by atoms with Crippen molar-refractivity contribution >= 4 is 6.41 Å². The van der Waals surface area contributed by atoms with Crippen LogP contribution in [0, 0.1) is 0 Å². The number of nitrogens with zero attached hydrogens (tertiary/aromatic N) is 2. The van der Waals surface area contributed by atoms with Crippen LogP contribution in [0.15, 0.2) is 0 Å². The van der Waals surface area contributed by atoms with E-state index in [1.54, 1.807) is 4.90 Å². The van der Waals surface area contributed by atoms with Crippen LogP contribution in [0.4, 0.5) is 0 Å². The van der Waals surface area contributed by atoms with E-state index in [0.717, 1.165) is 38.6 Å². The highest BCUT2D eigenvalue weighted by Crippen LogP contribution is 2.16. The first kappa shape index (κ1) is 14.5. The normalized spacial score (nSPS) is 22.8. The second-order valence-corrected chi connectivity index (χ2v) is 5.07. The third-order valence-electron chi connectivity index (χ3n) is 3.70. The van der Waals surface area contributed by atoms with Crippen LogP contribution in [0.1, 0.15) is 32.1 Å². The Kier molecular flexibility index (Phi) is 7.21. The number of hydrogen-bond acceptors (Lipinski definition) is 3. The molecule has 1 saturated carbocycles. The molecule has 1 heterocycles. The van der Waals surface area contributed by atoms with Gasteiger partial charge in [0.05, 0.1) is 0 Å². The van der Waals surface area contributed by atoms with E-state index in [1.165, 1.54) is 32.1 Å². The molecule has 2 rings (SSSR count). The van der Waals surface area contributed by atoms with E-state index in [2.05, 4.69) is 24.3 Å². The molecule has 1 aliphatic carbocycles. The van der Waals surface area contributed by atoms with Gasteiger partial charge in [0.15, 0.2) is 0 Å². The van der Waals surface area contributed by atoms with Crippen molar-refractivity contribution in [2.75, 3.05) is 40.3 Å². The summed E-state index contributed by atoms with van der Waals surface area (Å²) in [7, 11) is 4.14. The zero-order valence-electron chi connectivity index (χ0n) is 11.3. The van der Waals surface area contributed by atoms with Crippen LogP contribution in [-0.4, -0.2) is 62.5 Å². The third-order valence-corrected chi connectivity index (χ3v) is 3.70. The Balaban J connectivity index is 0.000000171. The van der Waals surface area contributed by atoms with E-state index in [9.17, 15) is 4.79 Å². The number of hydrogen-bond donors (Lipinski definition) is 1. The summed E-state index contributed by atoms with van der Waals surface area (Å²) in [6, 6.07) is 0.837. The lowest BCUT2D eigenvalue weighted by Gasteiger charge is -2.29. The molecule has 0 unspecified atom stereocenters. The van der Waals surface area contributed by atoms with Gasteiger partial charge >= 0.3 is 0 Å². The van der Waals surface area contributed by atoms with Crippen LogP contribution in [0.25, 0.3) is 0 Å². The highest BCUT2D eigenvalue weighted by atomic mass is 16.1. The quantitative estimate of drug-likeness (QED) is 0.731. The Morgan fingerprint density at radius 3 is 2.06 bits per heavy atom. The van der Waals surface area contributed by atoms with Gasteiger partial charge in [0.2, 0.25) is 6.41 Å². The van der Waals surface area contributed by atoms with E-state index in [-0.39, 0.29) is 0 Å². The SMILES string of the molecule is CN1CCN(C=O)CC1.CNC1CCCCC1. The molecule has 2 fully saturated rings. The molecule has 17 heavy (non-hydrogen) atoms. The summed E-state index contributed by atoms with van der Waals surface area (Å²) in [5.41, 5.74) is 0. The van der Waals surface area contributed by atoms with Crippen molar-refractivity contribution in [3.05, 3.63) is 0 Å². The Labute approximate surface area is 105 Å². The molecule has 0 aromatic rings. The van der Waals surface area contributed by atoms with Crippen LogP contribution in [-0.2, 0) is 4.79 Å². The maximum Gasteiger partial charge on any atom is 0.209 e. The zero-order valence-corrected chi connectivity index (χ0v) is 11.3. The van der Waals surface area contributed by atoms with Crippen LogP contribution in [0.5, 0.6) is 0 Å². The van der Waals surface area contributed by atoms with Crippen molar-refractivity contribution in [2.24, 2.45) is 0 Å². The molecular formula is C13H27N3O. The average molecular weight is 241 g/mol. The molecule has 0 aromatic carbocycles. The van der Waals surface area contributed by atoms with E-state index >= 15 is 0 Å². The van der Waals surface area contributed by atoms with Crippen molar-refractivity contribution < 1.29 is 4.79 Å². The Morgan fingerprint density at radius 2 is 1.65 bits per heavy atom. The highest BCUT2D eigenvalue weighted by Gasteiger charge is 2.10. The molecule has 0 atom stereocenters. The molecule has 1 aliphatic heterocycles. The number of carbonyl (C=O) groups is 1. The molecule has 0 spiro atoms. The fourth-order valence-electron chi connectivity index (χ4n) is 2.32. The fraction of sp³-hybridized carbons (Fsp3) is 0.923. The lowest BCUT2D eigenvalue weighted by atomic mass is 9.96. The van der Waals surface area contributed by atoms with Gasteiger partial charge in [0.25, 0.3) is 0 Å². The van der Waals surface area contributed by atoms with Gasteiger partial charge in [0.1, 0.15) is 0 Å². The highest BCUT2D eigenvalue weighted by molar-refractivity contribution is 5.47. The molecule has 1 saturated heterocycles. The average Bonchev–Trinajstić information content (AvgIpc) is 2.41. The lowest BCUT2D eigenvalue weighted by Crippen LogP contribution is -2.43. The summed E-state index contributed by atoms with van der Waals surface area (Å²) in [6.07, 6.45) is 8.05. The molecule has 100 valence electrons. The maximum atomic E-state index is 10.2. The van der Waals surface area contributed by atoms with Crippen molar-refractivity contribution in [3.63, 3.8) is 0 Å². The standard InChI is InChI=1S/C7H15N.C6H12N2O/c1-8-7-5-3-2-4-6-7;1-7-2-4-8(6-9)5-3-7/h7-8H,2-6H2,1H3;6H,2-5H2,1H3. The van der Waals surface area contributed by atoms with Gasteiger partial charge in [-0.2, -0.15) is 0 Å². The van der Waals surface area contributed by atoms with E-state index in [1.807, 2.05) is 0 Å². The Morgan fingerprint density at radius 1 is 1.06 bits per heavy atom. The van der Waals surface area contributed by atoms with Crippen molar-refractivity contribution in [1.82, 2.24) is 15.1 Å². The number of amides is 1. The molecule has 0 aromatic heterocycles. The monoisotopic (exact) mass is 241 g/mol. The number of piperazine rings is 1. The Bertz CT molecular complexity index is 197. The minimum Gasteiger partial charge on any atom is -0.343 e. The van der Waals surface area contributed by atoms with Gasteiger partial charge in [-0.3, -0.25) is 4.79 Å². The first-order chi connectivity index (χ1) is 8.26. The number of nitrogens with one attached hydrogen (secondary N) is 1. The number of rotatable bonds is 2. The van der Waals surface area contributed by atoms with Crippen molar-refractivity contribution in [3.8, 4) is 0 Å². The molecule has 1 amide bonds. The summed E-state index contributed by atoms with van der Waals surface area (Å²) in [5, 5.41) is 3.30. The largest absolute Gasteiger partial charge is 0.343 e. The minimum atomic E-state index is 0.837. The molecular weight excluding hydrogens is 214 g/mol. The molecule has 0 radical (unpaired) electrons. The van der Waals surface area contributed by atoms with E-state index < -0.39 is 0 Å². The fourth-order valence-corrected chi connectivity index (χ4v) is 2.32. The minimum absolute atomic E-state index is 0.837. The van der Waals surface area contributed by atoms with Crippen LogP contribution in [0.3, 0.4) is 0 Å². The molecule has 0 bridgehead atoms. The van der Waals surface area contributed by atoms with Crippen molar-refractivity contribution in [1.29, 1.82) is 0 Å². The van der Waals surface area contributed by atoms with Gasteiger partial charge in [-0.15, -0.1) is 0 Å². The van der Waals surface area contributed by atoms with E-state index in [4.69, 9.17) is 0 Å². The van der Waals surface area contributed by atoms with Gasteiger partial charge in [-0.1, -0.05) is 19.3 Å². The first-order valence-electron chi connectivity index (χ1n) is 6.81. The second kappa shape index (κ2) is 8.48. The van der Waals surface area contributed by atoms with Gasteiger partial charge in [-0.25, -0.2) is 0 Å². The van der Waals surface area contributed by atoms with Crippen LogP contribution < -0.4 is 5.32 Å². The third kappa shape index (κ3) is 6.03. The number of likely N-dealkylation sites (N-methyl/N-ethyl adjacent to an activating group) is 1. The zero-order chi connectivity index (χ0) is 12.5. The summed E-state index contributed by atoms with van der Waals surface area (Å²) in [5.74, 6) is 0. The summed E-state index contributed by atoms with van der Waals surface area (Å²) < 4.78 is 0. The molecule has 1 N–H and O–H groups in total. The molecule has 4 heteroatoms. The van der Waals surface area contributed by atoms with E-state index in [0.29, 0.717) is 0 Å². The smallest absolute Gasteiger partial charge is 0.209 e. The predicted octanol–water partition coefficient (Wildman–Crippen LogP) is 0.929. The van der Waals surface area contributed by atoms with Gasteiger partial charge in [-0.05, 0) is 26.9 Å². The lowest BCUT2D eigenvalue weighted by molar-refractivity contribution is -0.119. The summed E-state index contributed by atoms with van der Waals surface area (Å²) in [6.45, 7) is 3.80. The summed E-state index contributed by atoms with van der Waals surface area (Å²) >= 11 is 0. The van der Waals surface area contributed by atoms with Crippen LogP contribution >= 0.6 is 0 Å². The molecule has 4 nitrogen and oxygen atoms in total. The predicted molar refractivity (Wildman–Crippen MR) is 71.1 cm³/mol.